The molecule has 0 radical (unpaired) electrons. The normalized spacial score (nSPS) is 16.3. The maximum atomic E-state index is 11.9. The molecule has 1 aliphatic rings. The summed E-state index contributed by atoms with van der Waals surface area (Å²) in [7, 11) is 0. The van der Waals surface area contributed by atoms with E-state index in [9.17, 15) is 4.79 Å². The SMILES string of the molecule is Cc1cccc(CNC(=O)C(C)C2CNC2)c1.Cl. The van der Waals surface area contributed by atoms with Crippen molar-refractivity contribution in [3.8, 4) is 0 Å². The Kier molecular flexibility index (Phi) is 5.63. The highest BCUT2D eigenvalue weighted by Gasteiger charge is 2.28. The van der Waals surface area contributed by atoms with Gasteiger partial charge in [0.05, 0.1) is 0 Å². The van der Waals surface area contributed by atoms with Crippen LogP contribution in [0.25, 0.3) is 0 Å². The van der Waals surface area contributed by atoms with Crippen LogP contribution in [-0.4, -0.2) is 19.0 Å². The van der Waals surface area contributed by atoms with Gasteiger partial charge in [-0.2, -0.15) is 0 Å². The minimum atomic E-state index is 0. The summed E-state index contributed by atoms with van der Waals surface area (Å²) in [5, 5.41) is 6.21. The van der Waals surface area contributed by atoms with Gasteiger partial charge in [-0.25, -0.2) is 0 Å². The summed E-state index contributed by atoms with van der Waals surface area (Å²) in [6.45, 7) is 6.65. The van der Waals surface area contributed by atoms with Crippen LogP contribution in [0.5, 0.6) is 0 Å². The van der Waals surface area contributed by atoms with Crippen LogP contribution in [0, 0.1) is 18.8 Å². The first-order valence-corrected chi connectivity index (χ1v) is 6.21. The van der Waals surface area contributed by atoms with Gasteiger partial charge in [0.25, 0.3) is 0 Å². The molecule has 1 unspecified atom stereocenters. The second-order valence-electron chi connectivity index (χ2n) is 4.91. The summed E-state index contributed by atoms with van der Waals surface area (Å²) in [5.41, 5.74) is 2.39. The molecule has 0 bridgehead atoms. The molecule has 2 N–H and O–H groups in total. The van der Waals surface area contributed by atoms with Crippen LogP contribution < -0.4 is 10.6 Å². The first-order chi connectivity index (χ1) is 8.16. The Labute approximate surface area is 115 Å². The molecule has 4 heteroatoms. The maximum Gasteiger partial charge on any atom is 0.223 e. The number of carbonyl (C=O) groups excluding carboxylic acids is 1. The van der Waals surface area contributed by atoms with Crippen molar-refractivity contribution in [2.75, 3.05) is 13.1 Å². The number of halogens is 1. The van der Waals surface area contributed by atoms with Crippen molar-refractivity contribution in [1.82, 2.24) is 10.6 Å². The summed E-state index contributed by atoms with van der Waals surface area (Å²) in [6.07, 6.45) is 0. The van der Waals surface area contributed by atoms with Crippen molar-refractivity contribution in [3.05, 3.63) is 35.4 Å². The number of rotatable bonds is 4. The molecule has 1 atom stereocenters. The molecule has 1 aromatic carbocycles. The Bertz CT molecular complexity index is 405. The number of nitrogens with one attached hydrogen (secondary N) is 2. The Morgan fingerprint density at radius 1 is 1.50 bits per heavy atom. The highest BCUT2D eigenvalue weighted by Crippen LogP contribution is 2.16. The zero-order valence-corrected chi connectivity index (χ0v) is 11.7. The summed E-state index contributed by atoms with van der Waals surface area (Å²) in [5.74, 6) is 0.784. The van der Waals surface area contributed by atoms with E-state index in [0.29, 0.717) is 12.5 Å². The Morgan fingerprint density at radius 3 is 2.78 bits per heavy atom. The van der Waals surface area contributed by atoms with Crippen molar-refractivity contribution in [2.45, 2.75) is 20.4 Å². The predicted molar refractivity (Wildman–Crippen MR) is 75.8 cm³/mol. The van der Waals surface area contributed by atoms with E-state index in [1.165, 1.54) is 5.56 Å². The van der Waals surface area contributed by atoms with Gasteiger partial charge in [0.15, 0.2) is 0 Å². The van der Waals surface area contributed by atoms with E-state index in [-0.39, 0.29) is 24.2 Å². The maximum absolute atomic E-state index is 11.9. The first kappa shape index (κ1) is 15.0. The fourth-order valence-corrected chi connectivity index (χ4v) is 2.05. The van der Waals surface area contributed by atoms with Crippen molar-refractivity contribution < 1.29 is 4.79 Å². The lowest BCUT2D eigenvalue weighted by atomic mass is 9.88. The van der Waals surface area contributed by atoms with Crippen LogP contribution in [0.15, 0.2) is 24.3 Å². The predicted octanol–water partition coefficient (Wildman–Crippen LogP) is 1.89. The number of benzene rings is 1. The molecule has 1 aliphatic heterocycles. The van der Waals surface area contributed by atoms with Gasteiger partial charge in [0, 0.05) is 12.5 Å². The zero-order valence-electron chi connectivity index (χ0n) is 10.9. The molecule has 3 nitrogen and oxygen atoms in total. The van der Waals surface area contributed by atoms with E-state index in [0.717, 1.165) is 18.7 Å². The van der Waals surface area contributed by atoms with Crippen molar-refractivity contribution in [2.24, 2.45) is 11.8 Å². The van der Waals surface area contributed by atoms with E-state index in [4.69, 9.17) is 0 Å². The van der Waals surface area contributed by atoms with E-state index in [1.54, 1.807) is 0 Å². The van der Waals surface area contributed by atoms with Crippen LogP contribution >= 0.6 is 12.4 Å². The lowest BCUT2D eigenvalue weighted by Crippen LogP contribution is -2.49. The Balaban J connectivity index is 0.00000162. The molecular weight excluding hydrogens is 248 g/mol. The smallest absolute Gasteiger partial charge is 0.223 e. The van der Waals surface area contributed by atoms with Gasteiger partial charge in [0.2, 0.25) is 5.91 Å². The number of hydrogen-bond acceptors (Lipinski definition) is 2. The minimum Gasteiger partial charge on any atom is -0.352 e. The number of amides is 1. The molecule has 0 aliphatic carbocycles. The highest BCUT2D eigenvalue weighted by atomic mass is 35.5. The van der Waals surface area contributed by atoms with E-state index < -0.39 is 0 Å². The number of carbonyl (C=O) groups is 1. The van der Waals surface area contributed by atoms with Crippen LogP contribution in [0.4, 0.5) is 0 Å². The topological polar surface area (TPSA) is 41.1 Å². The Morgan fingerprint density at radius 2 is 2.22 bits per heavy atom. The van der Waals surface area contributed by atoms with Gasteiger partial charge in [-0.1, -0.05) is 36.8 Å². The first-order valence-electron chi connectivity index (χ1n) is 6.21. The van der Waals surface area contributed by atoms with Gasteiger partial charge in [-0.05, 0) is 31.5 Å². The minimum absolute atomic E-state index is 0. The van der Waals surface area contributed by atoms with E-state index >= 15 is 0 Å². The van der Waals surface area contributed by atoms with Crippen LogP contribution in [0.3, 0.4) is 0 Å². The molecule has 0 aromatic heterocycles. The molecule has 1 saturated heterocycles. The third-order valence-electron chi connectivity index (χ3n) is 3.48. The third-order valence-corrected chi connectivity index (χ3v) is 3.48. The van der Waals surface area contributed by atoms with Gasteiger partial charge in [-0.15, -0.1) is 12.4 Å². The molecule has 1 heterocycles. The molecule has 1 amide bonds. The summed E-state index contributed by atoms with van der Waals surface area (Å²) in [6, 6.07) is 8.24. The fourth-order valence-electron chi connectivity index (χ4n) is 2.05. The van der Waals surface area contributed by atoms with E-state index in [2.05, 4.69) is 29.7 Å². The molecule has 0 saturated carbocycles. The third kappa shape index (κ3) is 3.72. The molecule has 1 fully saturated rings. The monoisotopic (exact) mass is 268 g/mol. The average molecular weight is 269 g/mol. The average Bonchev–Trinajstić information content (AvgIpc) is 2.23. The summed E-state index contributed by atoms with van der Waals surface area (Å²) in [4.78, 5) is 11.9. The van der Waals surface area contributed by atoms with Crippen molar-refractivity contribution >= 4 is 18.3 Å². The van der Waals surface area contributed by atoms with Crippen LogP contribution in [0.2, 0.25) is 0 Å². The van der Waals surface area contributed by atoms with Crippen molar-refractivity contribution in [3.63, 3.8) is 0 Å². The second-order valence-corrected chi connectivity index (χ2v) is 4.91. The van der Waals surface area contributed by atoms with Gasteiger partial charge >= 0.3 is 0 Å². The van der Waals surface area contributed by atoms with Gasteiger partial charge in [0.1, 0.15) is 0 Å². The van der Waals surface area contributed by atoms with Crippen LogP contribution in [0.1, 0.15) is 18.1 Å². The van der Waals surface area contributed by atoms with Gasteiger partial charge in [-0.3, -0.25) is 4.79 Å². The largest absolute Gasteiger partial charge is 0.352 e. The molecule has 100 valence electrons. The van der Waals surface area contributed by atoms with Crippen molar-refractivity contribution in [1.29, 1.82) is 0 Å². The summed E-state index contributed by atoms with van der Waals surface area (Å²) >= 11 is 0. The molecule has 18 heavy (non-hydrogen) atoms. The summed E-state index contributed by atoms with van der Waals surface area (Å²) < 4.78 is 0. The lowest BCUT2D eigenvalue weighted by molar-refractivity contribution is -0.126. The highest BCUT2D eigenvalue weighted by molar-refractivity contribution is 5.85. The van der Waals surface area contributed by atoms with Crippen LogP contribution in [-0.2, 0) is 11.3 Å². The molecule has 1 aromatic rings. The zero-order chi connectivity index (χ0) is 12.3. The molecule has 0 spiro atoms. The quantitative estimate of drug-likeness (QED) is 0.876. The second kappa shape index (κ2) is 6.76. The fraction of sp³-hybridized carbons (Fsp3) is 0.500. The molecule has 2 rings (SSSR count). The number of aryl methyl sites for hydroxylation is 1. The molecular formula is C14H21ClN2O. The standard InChI is InChI=1S/C14H20N2O.ClH/c1-10-4-3-5-12(6-10)7-16-14(17)11(2)13-8-15-9-13;/h3-6,11,13,15H,7-9H2,1-2H3,(H,16,17);1H. The Hall–Kier alpha value is -1.06. The van der Waals surface area contributed by atoms with Gasteiger partial charge < -0.3 is 10.6 Å². The van der Waals surface area contributed by atoms with E-state index in [1.807, 2.05) is 19.1 Å². The number of hydrogen-bond donors (Lipinski definition) is 2. The lowest BCUT2D eigenvalue weighted by Gasteiger charge is -2.31.